The molecule has 0 spiro atoms. The molecule has 0 saturated carbocycles. The lowest BCUT2D eigenvalue weighted by molar-refractivity contribution is -0.149. The lowest BCUT2D eigenvalue weighted by atomic mass is 10.1. The molecule has 1 saturated heterocycles. The number of esters is 1. The van der Waals surface area contributed by atoms with E-state index in [1.165, 1.54) is 4.90 Å². The molecule has 1 atom stereocenters. The van der Waals surface area contributed by atoms with Crippen LogP contribution in [0.15, 0.2) is 11.3 Å². The van der Waals surface area contributed by atoms with Crippen molar-refractivity contribution < 1.29 is 14.3 Å². The minimum absolute atomic E-state index is 0.223. The number of rotatable bonds is 3. The molecule has 5 nitrogen and oxygen atoms in total. The van der Waals surface area contributed by atoms with Crippen molar-refractivity contribution >= 4 is 11.9 Å². The van der Waals surface area contributed by atoms with E-state index in [0.29, 0.717) is 18.8 Å². The summed E-state index contributed by atoms with van der Waals surface area (Å²) >= 11 is 0. The Labute approximate surface area is 88.9 Å². The number of hydrogen-bond acceptors (Lipinski definition) is 4. The third kappa shape index (κ3) is 2.18. The van der Waals surface area contributed by atoms with Crippen LogP contribution in [0, 0.1) is 0 Å². The van der Waals surface area contributed by atoms with Crippen LogP contribution < -0.4 is 5.73 Å². The monoisotopic (exact) mass is 212 g/mol. The third-order valence-corrected chi connectivity index (χ3v) is 2.17. The van der Waals surface area contributed by atoms with Crippen LogP contribution in [0.1, 0.15) is 20.8 Å². The van der Waals surface area contributed by atoms with E-state index in [1.54, 1.807) is 20.8 Å². The number of allylic oxidation sites excluding steroid dienone is 1. The van der Waals surface area contributed by atoms with Gasteiger partial charge in [0.25, 0.3) is 0 Å². The van der Waals surface area contributed by atoms with Crippen LogP contribution in [0.5, 0.6) is 0 Å². The van der Waals surface area contributed by atoms with E-state index < -0.39 is 12.0 Å². The van der Waals surface area contributed by atoms with Gasteiger partial charge in [-0.2, -0.15) is 0 Å². The van der Waals surface area contributed by atoms with E-state index in [9.17, 15) is 9.59 Å². The predicted octanol–water partition coefficient (Wildman–Crippen LogP) is 0.0129. The largest absolute Gasteiger partial charge is 0.461 e. The van der Waals surface area contributed by atoms with Crippen LogP contribution >= 0.6 is 0 Å². The maximum atomic E-state index is 11.6. The second-order valence-corrected chi connectivity index (χ2v) is 3.62. The summed E-state index contributed by atoms with van der Waals surface area (Å²) in [5.41, 5.74) is 6.54. The summed E-state index contributed by atoms with van der Waals surface area (Å²) in [6.07, 6.45) is 0. The Morgan fingerprint density at radius 1 is 1.60 bits per heavy atom. The van der Waals surface area contributed by atoms with Crippen molar-refractivity contribution in [3.05, 3.63) is 11.3 Å². The number of hydrogen-bond donors (Lipinski definition) is 1. The number of carbonyl (C=O) groups is 2. The second-order valence-electron chi connectivity index (χ2n) is 3.62. The number of amides is 1. The zero-order chi connectivity index (χ0) is 11.6. The summed E-state index contributed by atoms with van der Waals surface area (Å²) in [5.74, 6) is -0.683. The Bertz CT molecular complexity index is 319. The first-order valence-electron chi connectivity index (χ1n) is 4.90. The Morgan fingerprint density at radius 3 is 2.53 bits per heavy atom. The Morgan fingerprint density at radius 2 is 2.20 bits per heavy atom. The molecule has 1 fully saturated rings. The molecule has 0 aliphatic carbocycles. The molecule has 1 unspecified atom stereocenters. The summed E-state index contributed by atoms with van der Waals surface area (Å²) < 4.78 is 4.87. The molecule has 1 rings (SSSR count). The van der Waals surface area contributed by atoms with Gasteiger partial charge >= 0.3 is 5.97 Å². The maximum absolute atomic E-state index is 11.6. The normalized spacial score (nSPS) is 19.6. The molecule has 1 heterocycles. The van der Waals surface area contributed by atoms with E-state index in [0.717, 1.165) is 5.57 Å². The number of ether oxygens (including phenoxy) is 1. The highest BCUT2D eigenvalue weighted by Crippen LogP contribution is 2.20. The highest BCUT2D eigenvalue weighted by Gasteiger charge is 2.39. The van der Waals surface area contributed by atoms with Crippen LogP contribution in [0.4, 0.5) is 0 Å². The first kappa shape index (κ1) is 11.7. The first-order valence-corrected chi connectivity index (χ1v) is 4.90. The van der Waals surface area contributed by atoms with Gasteiger partial charge in [-0.1, -0.05) is 0 Å². The molecule has 0 aromatic heterocycles. The van der Waals surface area contributed by atoms with Gasteiger partial charge in [-0.05, 0) is 26.3 Å². The fourth-order valence-corrected chi connectivity index (χ4v) is 1.44. The van der Waals surface area contributed by atoms with E-state index >= 15 is 0 Å². The van der Waals surface area contributed by atoms with Gasteiger partial charge < -0.3 is 15.4 Å². The zero-order valence-corrected chi connectivity index (χ0v) is 9.24. The standard InChI is InChI=1S/C10H16N2O3/c1-4-15-10(14)8(6(2)3)12-5-7(11)9(12)13/h7H,4-5,11H2,1-3H3. The van der Waals surface area contributed by atoms with Gasteiger partial charge in [0.05, 0.1) is 13.2 Å². The number of nitrogens with zero attached hydrogens (tertiary/aromatic N) is 1. The third-order valence-electron chi connectivity index (χ3n) is 2.17. The number of nitrogens with two attached hydrogens (primary N) is 1. The van der Waals surface area contributed by atoms with E-state index in [1.807, 2.05) is 0 Å². The van der Waals surface area contributed by atoms with Crippen molar-refractivity contribution in [3.63, 3.8) is 0 Å². The highest BCUT2D eigenvalue weighted by molar-refractivity contribution is 5.99. The fourth-order valence-electron chi connectivity index (χ4n) is 1.44. The molecule has 2 N–H and O–H groups in total. The Hall–Kier alpha value is -1.36. The first-order chi connectivity index (χ1) is 6.99. The van der Waals surface area contributed by atoms with E-state index in [-0.39, 0.29) is 5.91 Å². The van der Waals surface area contributed by atoms with E-state index in [4.69, 9.17) is 10.5 Å². The average molecular weight is 212 g/mol. The molecule has 84 valence electrons. The van der Waals surface area contributed by atoms with Crippen molar-refractivity contribution in [2.75, 3.05) is 13.2 Å². The molecule has 0 bridgehead atoms. The predicted molar refractivity (Wildman–Crippen MR) is 54.7 cm³/mol. The Balaban J connectivity index is 2.83. The van der Waals surface area contributed by atoms with Gasteiger partial charge in [0, 0.05) is 0 Å². The molecule has 1 amide bonds. The second kappa shape index (κ2) is 4.44. The topological polar surface area (TPSA) is 72.6 Å². The summed E-state index contributed by atoms with van der Waals surface area (Å²) in [6, 6.07) is -0.478. The van der Waals surface area contributed by atoms with Crippen LogP contribution in [0.3, 0.4) is 0 Å². The van der Waals surface area contributed by atoms with Crippen molar-refractivity contribution in [2.24, 2.45) is 5.73 Å². The summed E-state index contributed by atoms with van der Waals surface area (Å²) in [6.45, 7) is 5.94. The lowest BCUT2D eigenvalue weighted by Crippen LogP contribution is -2.61. The SMILES string of the molecule is CCOC(=O)C(=C(C)C)N1CC(N)C1=O. The molecule has 5 heteroatoms. The molecule has 0 radical (unpaired) electrons. The minimum Gasteiger partial charge on any atom is -0.461 e. The lowest BCUT2D eigenvalue weighted by Gasteiger charge is -2.37. The number of carbonyl (C=O) groups excluding carboxylic acids is 2. The van der Waals surface area contributed by atoms with Gasteiger partial charge in [0.15, 0.2) is 0 Å². The van der Waals surface area contributed by atoms with Crippen LogP contribution in [0.2, 0.25) is 0 Å². The van der Waals surface area contributed by atoms with Crippen LogP contribution in [-0.4, -0.2) is 36.0 Å². The van der Waals surface area contributed by atoms with Gasteiger partial charge in [-0.15, -0.1) is 0 Å². The van der Waals surface area contributed by atoms with Crippen molar-refractivity contribution in [2.45, 2.75) is 26.8 Å². The smallest absolute Gasteiger partial charge is 0.354 e. The fraction of sp³-hybridized carbons (Fsp3) is 0.600. The van der Waals surface area contributed by atoms with Gasteiger partial charge in [0.1, 0.15) is 11.7 Å². The minimum atomic E-state index is -0.478. The van der Waals surface area contributed by atoms with Gasteiger partial charge in [-0.25, -0.2) is 4.79 Å². The number of likely N-dealkylation sites (tertiary alicyclic amines) is 1. The highest BCUT2D eigenvalue weighted by atomic mass is 16.5. The number of β-lactam (4-membered cyclic amide) rings is 1. The van der Waals surface area contributed by atoms with Crippen molar-refractivity contribution in [3.8, 4) is 0 Å². The molecular weight excluding hydrogens is 196 g/mol. The van der Waals surface area contributed by atoms with E-state index in [2.05, 4.69) is 0 Å². The van der Waals surface area contributed by atoms with Gasteiger partial charge in [0.2, 0.25) is 5.91 Å². The summed E-state index contributed by atoms with van der Waals surface area (Å²) in [7, 11) is 0. The quantitative estimate of drug-likeness (QED) is 0.406. The zero-order valence-electron chi connectivity index (χ0n) is 9.24. The molecular formula is C10H16N2O3. The maximum Gasteiger partial charge on any atom is 0.354 e. The molecule has 0 aromatic rings. The molecule has 15 heavy (non-hydrogen) atoms. The van der Waals surface area contributed by atoms with Crippen molar-refractivity contribution in [1.29, 1.82) is 0 Å². The van der Waals surface area contributed by atoms with Crippen molar-refractivity contribution in [1.82, 2.24) is 4.90 Å². The van der Waals surface area contributed by atoms with Crippen LogP contribution in [-0.2, 0) is 14.3 Å². The van der Waals surface area contributed by atoms with Gasteiger partial charge in [-0.3, -0.25) is 4.79 Å². The molecule has 1 aliphatic rings. The molecule has 0 aromatic carbocycles. The van der Waals surface area contributed by atoms with Crippen LogP contribution in [0.25, 0.3) is 0 Å². The summed E-state index contributed by atoms with van der Waals surface area (Å²) in [4.78, 5) is 24.3. The Kier molecular flexibility index (Phi) is 3.47. The summed E-state index contributed by atoms with van der Waals surface area (Å²) in [5, 5.41) is 0. The molecule has 1 aliphatic heterocycles. The average Bonchev–Trinajstić information content (AvgIpc) is 2.17.